The first-order chi connectivity index (χ1) is 13.8. The Kier molecular flexibility index (Phi) is 6.81. The van der Waals surface area contributed by atoms with Crippen LogP contribution in [0, 0.1) is 40.4 Å². The Morgan fingerprint density at radius 3 is 2.37 bits per heavy atom. The molecule has 0 spiro atoms. The van der Waals surface area contributed by atoms with Crippen molar-refractivity contribution in [2.24, 2.45) is 46.2 Å². The first-order valence-corrected chi connectivity index (χ1v) is 15.7. The fourth-order valence-corrected chi connectivity index (χ4v) is 8.30. The predicted molar refractivity (Wildman–Crippen MR) is 133 cm³/mol. The van der Waals surface area contributed by atoms with Gasteiger partial charge in [0.15, 0.2) is 8.32 Å². The minimum atomic E-state index is -1.73. The maximum Gasteiger partial charge on any atom is 0.191 e. The van der Waals surface area contributed by atoms with Crippen molar-refractivity contribution >= 4 is 8.32 Å². The van der Waals surface area contributed by atoms with Crippen LogP contribution in [0.4, 0.5) is 0 Å². The van der Waals surface area contributed by atoms with Crippen molar-refractivity contribution in [3.63, 3.8) is 0 Å². The Labute approximate surface area is 188 Å². The SMILES string of the molecule is C=C1CC[C@H]2[C@H](CN)[C@@H]([C@@]3(C)CC[C@H](C)C[C@@H]3CO[Si](C)(C)C(C)(C)C)CC[C@]12C. The number of fused-ring (bicyclic) bond motifs is 1. The van der Waals surface area contributed by atoms with Crippen molar-refractivity contribution in [2.45, 2.75) is 105 Å². The van der Waals surface area contributed by atoms with Crippen LogP contribution < -0.4 is 5.73 Å². The average molecular weight is 434 g/mol. The summed E-state index contributed by atoms with van der Waals surface area (Å²) in [5.74, 6) is 3.63. The second-order valence-electron chi connectivity index (χ2n) is 13.4. The van der Waals surface area contributed by atoms with Gasteiger partial charge in [-0.1, -0.05) is 60.1 Å². The van der Waals surface area contributed by atoms with Crippen LogP contribution in [-0.4, -0.2) is 21.5 Å². The maximum atomic E-state index is 6.85. The highest BCUT2D eigenvalue weighted by atomic mass is 28.4. The molecule has 7 atom stereocenters. The Morgan fingerprint density at radius 2 is 1.77 bits per heavy atom. The first-order valence-electron chi connectivity index (χ1n) is 12.8. The fraction of sp³-hybridized carbons (Fsp3) is 0.926. The van der Waals surface area contributed by atoms with E-state index in [4.69, 9.17) is 10.2 Å². The largest absolute Gasteiger partial charge is 0.417 e. The topological polar surface area (TPSA) is 35.2 Å². The van der Waals surface area contributed by atoms with E-state index in [0.717, 1.165) is 30.9 Å². The van der Waals surface area contributed by atoms with Gasteiger partial charge in [-0.05, 0) is 104 Å². The van der Waals surface area contributed by atoms with E-state index in [9.17, 15) is 0 Å². The zero-order chi connectivity index (χ0) is 22.5. The van der Waals surface area contributed by atoms with Crippen LogP contribution in [0.2, 0.25) is 18.1 Å². The van der Waals surface area contributed by atoms with Crippen LogP contribution in [0.5, 0.6) is 0 Å². The number of allylic oxidation sites excluding steroid dienone is 1. The zero-order valence-electron chi connectivity index (χ0n) is 21.4. The average Bonchev–Trinajstić information content (AvgIpc) is 2.96. The fourth-order valence-electron chi connectivity index (χ4n) is 7.25. The van der Waals surface area contributed by atoms with Crippen LogP contribution >= 0.6 is 0 Å². The Balaban J connectivity index is 1.84. The molecule has 0 radical (unpaired) electrons. The lowest BCUT2D eigenvalue weighted by Crippen LogP contribution is -2.53. The first kappa shape index (κ1) is 24.5. The minimum absolute atomic E-state index is 0.278. The quantitative estimate of drug-likeness (QED) is 0.362. The van der Waals surface area contributed by atoms with Gasteiger partial charge in [-0.15, -0.1) is 0 Å². The molecule has 0 aromatic carbocycles. The molecule has 3 heteroatoms. The van der Waals surface area contributed by atoms with Crippen LogP contribution in [-0.2, 0) is 4.43 Å². The Morgan fingerprint density at radius 1 is 1.10 bits per heavy atom. The molecular formula is C27H51NOSi. The molecule has 2 nitrogen and oxygen atoms in total. The molecular weight excluding hydrogens is 382 g/mol. The molecule has 0 aliphatic heterocycles. The van der Waals surface area contributed by atoms with Gasteiger partial charge in [-0.25, -0.2) is 0 Å². The van der Waals surface area contributed by atoms with E-state index in [1.807, 2.05) is 0 Å². The predicted octanol–water partition coefficient (Wildman–Crippen LogP) is 7.41. The Bertz CT molecular complexity index is 637. The van der Waals surface area contributed by atoms with E-state index in [1.165, 1.54) is 50.5 Å². The van der Waals surface area contributed by atoms with Crippen molar-refractivity contribution < 1.29 is 4.43 Å². The van der Waals surface area contributed by atoms with Gasteiger partial charge in [0, 0.05) is 6.61 Å². The van der Waals surface area contributed by atoms with Crippen molar-refractivity contribution in [3.8, 4) is 0 Å². The van der Waals surface area contributed by atoms with Crippen molar-refractivity contribution in [1.29, 1.82) is 0 Å². The molecule has 3 fully saturated rings. The summed E-state index contributed by atoms with van der Waals surface area (Å²) in [5.41, 5.74) is 8.75. The van der Waals surface area contributed by atoms with Gasteiger partial charge in [-0.3, -0.25) is 0 Å². The summed E-state index contributed by atoms with van der Waals surface area (Å²) in [4.78, 5) is 0. The van der Waals surface area contributed by atoms with Gasteiger partial charge < -0.3 is 10.2 Å². The maximum absolute atomic E-state index is 6.85. The summed E-state index contributed by atoms with van der Waals surface area (Å²) in [7, 11) is -1.73. The summed E-state index contributed by atoms with van der Waals surface area (Å²) >= 11 is 0. The summed E-state index contributed by atoms with van der Waals surface area (Å²) in [5, 5.41) is 0.278. The van der Waals surface area contributed by atoms with Crippen LogP contribution in [0.25, 0.3) is 0 Å². The molecule has 3 rings (SSSR count). The van der Waals surface area contributed by atoms with E-state index in [2.05, 4.69) is 61.2 Å². The van der Waals surface area contributed by atoms with E-state index >= 15 is 0 Å². The standard InChI is InChI=1S/C27H51NOSi/c1-19-12-14-27(7,21(16-19)18-29-30(8,9)25(3,4)5)24-13-15-26(6)20(2)10-11-23(26)22(24)17-28/h19,21-24H,2,10-18,28H2,1,3-9H3/t19-,21+,22-,23-,24-,26+,27-/m0/s1. The third-order valence-electron chi connectivity index (χ3n) is 10.8. The van der Waals surface area contributed by atoms with Crippen LogP contribution in [0.15, 0.2) is 12.2 Å². The van der Waals surface area contributed by atoms with Gasteiger partial charge in [0.2, 0.25) is 0 Å². The van der Waals surface area contributed by atoms with Gasteiger partial charge in [-0.2, -0.15) is 0 Å². The molecule has 0 unspecified atom stereocenters. The molecule has 3 aliphatic carbocycles. The number of rotatable bonds is 5. The third kappa shape index (κ3) is 4.12. The van der Waals surface area contributed by atoms with Crippen LogP contribution in [0.3, 0.4) is 0 Å². The lowest BCUT2D eigenvalue weighted by molar-refractivity contribution is -0.0753. The highest BCUT2D eigenvalue weighted by Gasteiger charge is 2.56. The normalized spacial score (nSPS) is 43.0. The molecule has 2 N–H and O–H groups in total. The number of hydrogen-bond acceptors (Lipinski definition) is 2. The van der Waals surface area contributed by atoms with E-state index < -0.39 is 8.32 Å². The zero-order valence-corrected chi connectivity index (χ0v) is 22.4. The van der Waals surface area contributed by atoms with Gasteiger partial charge in [0.25, 0.3) is 0 Å². The smallest absolute Gasteiger partial charge is 0.191 e. The molecule has 0 aromatic heterocycles. The number of hydrogen-bond donors (Lipinski definition) is 1. The van der Waals surface area contributed by atoms with Gasteiger partial charge >= 0.3 is 0 Å². The van der Waals surface area contributed by atoms with Gasteiger partial charge in [0.1, 0.15) is 0 Å². The summed E-state index contributed by atoms with van der Waals surface area (Å²) in [6, 6.07) is 0. The second-order valence-corrected chi connectivity index (χ2v) is 18.2. The third-order valence-corrected chi connectivity index (χ3v) is 15.3. The van der Waals surface area contributed by atoms with Crippen molar-refractivity contribution in [3.05, 3.63) is 12.2 Å². The summed E-state index contributed by atoms with van der Waals surface area (Å²) in [6.07, 6.45) is 9.23. The van der Waals surface area contributed by atoms with E-state index in [1.54, 1.807) is 0 Å². The highest BCUT2D eigenvalue weighted by Crippen LogP contribution is 2.63. The van der Waals surface area contributed by atoms with Crippen molar-refractivity contribution in [1.82, 2.24) is 0 Å². The molecule has 0 heterocycles. The molecule has 30 heavy (non-hydrogen) atoms. The van der Waals surface area contributed by atoms with Crippen molar-refractivity contribution in [2.75, 3.05) is 13.2 Å². The molecule has 3 aliphatic rings. The minimum Gasteiger partial charge on any atom is -0.417 e. The summed E-state index contributed by atoms with van der Waals surface area (Å²) in [6.45, 7) is 25.8. The molecule has 0 amide bonds. The Hall–Kier alpha value is -0.123. The molecule has 3 saturated carbocycles. The monoisotopic (exact) mass is 433 g/mol. The summed E-state index contributed by atoms with van der Waals surface area (Å²) < 4.78 is 6.85. The lowest BCUT2D eigenvalue weighted by Gasteiger charge is -2.57. The molecule has 0 saturated heterocycles. The highest BCUT2D eigenvalue weighted by molar-refractivity contribution is 6.74. The van der Waals surface area contributed by atoms with E-state index in [0.29, 0.717) is 22.7 Å². The van der Waals surface area contributed by atoms with Gasteiger partial charge in [0.05, 0.1) is 0 Å². The van der Waals surface area contributed by atoms with Crippen LogP contribution in [0.1, 0.15) is 86.5 Å². The number of nitrogens with two attached hydrogens (primary N) is 1. The molecule has 0 bridgehead atoms. The second kappa shape index (κ2) is 8.34. The molecule has 174 valence electrons. The lowest BCUT2D eigenvalue weighted by atomic mass is 9.49. The molecule has 0 aromatic rings. The van der Waals surface area contributed by atoms with E-state index in [-0.39, 0.29) is 5.04 Å².